The van der Waals surface area contributed by atoms with Gasteiger partial charge in [-0.15, -0.1) is 0 Å². The van der Waals surface area contributed by atoms with Crippen LogP contribution in [0.2, 0.25) is 0 Å². The number of imide groups is 1. The average Bonchev–Trinajstić information content (AvgIpc) is 2.85. The van der Waals surface area contributed by atoms with Crippen LogP contribution in [0, 0.1) is 0 Å². The molecule has 0 bridgehead atoms. The lowest BCUT2D eigenvalue weighted by molar-refractivity contribution is -0.139. The van der Waals surface area contributed by atoms with E-state index in [2.05, 4.69) is 28.9 Å². The number of urea groups is 1. The fourth-order valence-electron chi connectivity index (χ4n) is 3.14. The molecule has 0 aromatic heterocycles. The second kappa shape index (κ2) is 7.36. The molecule has 0 spiro atoms. The van der Waals surface area contributed by atoms with Gasteiger partial charge in [-0.05, 0) is 42.8 Å². The van der Waals surface area contributed by atoms with Gasteiger partial charge < -0.3 is 5.32 Å². The Balaban J connectivity index is 1.59. The van der Waals surface area contributed by atoms with E-state index >= 15 is 0 Å². The molecule has 1 aliphatic heterocycles. The predicted molar refractivity (Wildman–Crippen MR) is 102 cm³/mol. The minimum atomic E-state index is -0.971. The zero-order valence-electron chi connectivity index (χ0n) is 15.8. The fourth-order valence-corrected chi connectivity index (χ4v) is 3.14. The van der Waals surface area contributed by atoms with Crippen molar-refractivity contribution >= 4 is 28.6 Å². The number of benzene rings is 2. The summed E-state index contributed by atoms with van der Waals surface area (Å²) in [6, 6.07) is 13.7. The first-order chi connectivity index (χ1) is 12.8. The predicted octanol–water partition coefficient (Wildman–Crippen LogP) is 2.02. The van der Waals surface area contributed by atoms with Gasteiger partial charge in [-0.1, -0.05) is 43.3 Å². The van der Waals surface area contributed by atoms with Crippen molar-refractivity contribution in [2.45, 2.75) is 32.4 Å². The van der Waals surface area contributed by atoms with Gasteiger partial charge in [0.05, 0.1) is 6.54 Å². The smallest absolute Gasteiger partial charge is 0.322 e. The van der Waals surface area contributed by atoms with Gasteiger partial charge in [0.2, 0.25) is 0 Å². The normalized spacial score (nSPS) is 19.6. The number of nitrogens with zero attached hydrogens (tertiary/aromatic N) is 2. The molecule has 1 saturated heterocycles. The van der Waals surface area contributed by atoms with Crippen molar-refractivity contribution in [3.63, 3.8) is 0 Å². The van der Waals surface area contributed by atoms with Crippen molar-refractivity contribution in [2.75, 3.05) is 13.6 Å². The summed E-state index contributed by atoms with van der Waals surface area (Å²) in [5.41, 5.74) is 2.52. The molecule has 1 fully saturated rings. The Morgan fingerprint density at radius 1 is 1.19 bits per heavy atom. The summed E-state index contributed by atoms with van der Waals surface area (Å²) in [6.45, 7) is 4.09. The maximum Gasteiger partial charge on any atom is 0.344 e. The van der Waals surface area contributed by atoms with E-state index in [4.69, 9.17) is 0 Å². The van der Waals surface area contributed by atoms with E-state index in [1.54, 1.807) is 13.8 Å². The molecule has 7 nitrogen and oxygen atoms in total. The van der Waals surface area contributed by atoms with Crippen LogP contribution >= 0.6 is 0 Å². The fraction of sp³-hybridized carbons (Fsp3) is 0.350. The topological polar surface area (TPSA) is 81.8 Å². The Bertz CT molecular complexity index is 898. The van der Waals surface area contributed by atoms with E-state index in [0.717, 1.165) is 16.0 Å². The van der Waals surface area contributed by atoms with Crippen LogP contribution in [0.4, 0.5) is 4.79 Å². The van der Waals surface area contributed by atoms with Crippen molar-refractivity contribution in [3.8, 4) is 0 Å². The summed E-state index contributed by atoms with van der Waals surface area (Å²) in [5, 5.41) is 5.69. The summed E-state index contributed by atoms with van der Waals surface area (Å²) in [6.07, 6.45) is 0.450. The van der Waals surface area contributed by atoms with Crippen LogP contribution in [0.3, 0.4) is 0 Å². The number of hydrogen-bond acceptors (Lipinski definition) is 4. The van der Waals surface area contributed by atoms with E-state index in [0.29, 0.717) is 13.0 Å². The molecule has 2 aromatic rings. The molecule has 3 rings (SSSR count). The Morgan fingerprint density at radius 2 is 1.89 bits per heavy atom. The number of fused-ring (bicyclic) bond motifs is 1. The highest BCUT2D eigenvalue weighted by molar-refractivity contribution is 6.07. The van der Waals surface area contributed by atoms with E-state index in [1.165, 1.54) is 5.39 Å². The molecular weight excluding hydrogens is 344 g/mol. The van der Waals surface area contributed by atoms with Crippen molar-refractivity contribution in [1.29, 1.82) is 0 Å². The Hall–Kier alpha value is -2.93. The van der Waals surface area contributed by atoms with Crippen LogP contribution in [-0.4, -0.2) is 46.9 Å². The number of amides is 4. The molecule has 4 amide bonds. The second-order valence-corrected chi connectivity index (χ2v) is 7.15. The number of carbonyl (C=O) groups is 3. The Kier molecular flexibility index (Phi) is 5.14. The number of nitrogens with one attached hydrogen (secondary N) is 2. The molecular formula is C20H24N4O3. The highest BCUT2D eigenvalue weighted by atomic mass is 16.2. The minimum absolute atomic E-state index is 0.0622. The van der Waals surface area contributed by atoms with Crippen LogP contribution < -0.4 is 10.7 Å². The monoisotopic (exact) mass is 368 g/mol. The standard InChI is InChI=1S/C20H24N4O3/c1-4-20(2)18(26)24(19(27)21-20)22-17(25)13-23(3)12-14-9-10-15-7-5-6-8-16(15)11-14/h5-11H,4,12-13H2,1-3H3,(H,21,27)(H,22,25). The lowest BCUT2D eigenvalue weighted by Crippen LogP contribution is -2.50. The van der Waals surface area contributed by atoms with Crippen molar-refractivity contribution < 1.29 is 14.4 Å². The number of likely N-dealkylation sites (N-methyl/N-ethyl adjacent to an activating group) is 1. The minimum Gasteiger partial charge on any atom is -0.322 e. The number of hydrogen-bond donors (Lipinski definition) is 2. The molecule has 1 aliphatic rings. The van der Waals surface area contributed by atoms with E-state index in [1.807, 2.05) is 36.2 Å². The Morgan fingerprint density at radius 3 is 2.56 bits per heavy atom. The van der Waals surface area contributed by atoms with Gasteiger partial charge in [0, 0.05) is 6.54 Å². The van der Waals surface area contributed by atoms with Crippen LogP contribution in [0.15, 0.2) is 42.5 Å². The molecule has 1 heterocycles. The molecule has 1 atom stereocenters. The lowest BCUT2D eigenvalue weighted by atomic mass is 10.00. The number of rotatable bonds is 6. The van der Waals surface area contributed by atoms with Crippen LogP contribution in [0.5, 0.6) is 0 Å². The second-order valence-electron chi connectivity index (χ2n) is 7.15. The molecule has 2 aromatic carbocycles. The van der Waals surface area contributed by atoms with Crippen molar-refractivity contribution in [1.82, 2.24) is 20.7 Å². The molecule has 2 N–H and O–H groups in total. The third-order valence-corrected chi connectivity index (χ3v) is 4.88. The maximum atomic E-state index is 12.3. The first-order valence-corrected chi connectivity index (χ1v) is 8.95. The number of carbonyl (C=O) groups excluding carboxylic acids is 3. The van der Waals surface area contributed by atoms with Crippen LogP contribution in [0.1, 0.15) is 25.8 Å². The molecule has 1 unspecified atom stereocenters. The molecule has 0 aliphatic carbocycles. The van der Waals surface area contributed by atoms with Gasteiger partial charge in [0.1, 0.15) is 5.54 Å². The van der Waals surface area contributed by atoms with Crippen LogP contribution in [-0.2, 0) is 16.1 Å². The van der Waals surface area contributed by atoms with E-state index in [9.17, 15) is 14.4 Å². The quantitative estimate of drug-likeness (QED) is 0.765. The van der Waals surface area contributed by atoms with E-state index in [-0.39, 0.29) is 6.54 Å². The zero-order chi connectivity index (χ0) is 19.6. The van der Waals surface area contributed by atoms with Crippen molar-refractivity contribution in [2.24, 2.45) is 0 Å². The molecule has 0 radical (unpaired) electrons. The summed E-state index contributed by atoms with van der Waals surface area (Å²) in [4.78, 5) is 38.4. The summed E-state index contributed by atoms with van der Waals surface area (Å²) < 4.78 is 0. The van der Waals surface area contributed by atoms with Gasteiger partial charge in [0.15, 0.2) is 0 Å². The van der Waals surface area contributed by atoms with Gasteiger partial charge in [-0.25, -0.2) is 4.79 Å². The molecule has 0 saturated carbocycles. The van der Waals surface area contributed by atoms with Gasteiger partial charge in [-0.2, -0.15) is 5.01 Å². The summed E-state index contributed by atoms with van der Waals surface area (Å²) >= 11 is 0. The summed E-state index contributed by atoms with van der Waals surface area (Å²) in [7, 11) is 1.82. The first kappa shape index (κ1) is 18.8. The zero-order valence-corrected chi connectivity index (χ0v) is 15.8. The third-order valence-electron chi connectivity index (χ3n) is 4.88. The van der Waals surface area contributed by atoms with Crippen LogP contribution in [0.25, 0.3) is 10.8 Å². The van der Waals surface area contributed by atoms with Gasteiger partial charge >= 0.3 is 6.03 Å². The largest absolute Gasteiger partial charge is 0.344 e. The number of hydrazine groups is 1. The Labute approximate surface area is 158 Å². The van der Waals surface area contributed by atoms with Gasteiger partial charge in [-0.3, -0.25) is 19.9 Å². The maximum absolute atomic E-state index is 12.3. The SMILES string of the molecule is CCC1(C)NC(=O)N(NC(=O)CN(C)Cc2ccc3ccccc3c2)C1=O. The molecule has 142 valence electrons. The first-order valence-electron chi connectivity index (χ1n) is 8.95. The summed E-state index contributed by atoms with van der Waals surface area (Å²) in [5.74, 6) is -0.859. The highest BCUT2D eigenvalue weighted by Crippen LogP contribution is 2.19. The molecule has 7 heteroatoms. The van der Waals surface area contributed by atoms with E-state index < -0.39 is 23.4 Å². The average molecular weight is 368 g/mol. The third kappa shape index (κ3) is 3.93. The van der Waals surface area contributed by atoms with Gasteiger partial charge in [0.25, 0.3) is 11.8 Å². The van der Waals surface area contributed by atoms with Crippen molar-refractivity contribution in [3.05, 3.63) is 48.0 Å². The highest BCUT2D eigenvalue weighted by Gasteiger charge is 2.47. The molecule has 27 heavy (non-hydrogen) atoms. The lowest BCUT2D eigenvalue weighted by Gasteiger charge is -2.21.